The number of carbonyl (C=O) groups is 2. The largest absolute Gasteiger partial charge is 0.491 e. The molecule has 0 fully saturated rings. The predicted octanol–water partition coefficient (Wildman–Crippen LogP) is 2.94. The van der Waals surface area contributed by atoms with Crippen molar-refractivity contribution in [3.05, 3.63) is 54.1 Å². The van der Waals surface area contributed by atoms with Crippen LogP contribution in [0.15, 0.2) is 53.4 Å². The molecule has 1 amide bonds. The number of hydrogen-bond donors (Lipinski definition) is 1. The summed E-state index contributed by atoms with van der Waals surface area (Å²) in [5.41, 5.74) is 0.903. The van der Waals surface area contributed by atoms with E-state index in [1.54, 1.807) is 24.3 Å². The van der Waals surface area contributed by atoms with Crippen molar-refractivity contribution in [2.75, 3.05) is 25.5 Å². The number of nitrogens with zero attached hydrogens (tertiary/aromatic N) is 1. The summed E-state index contributed by atoms with van der Waals surface area (Å²) in [7, 11) is -2.54. The highest BCUT2D eigenvalue weighted by atomic mass is 32.2. The average Bonchev–Trinajstić information content (AvgIpc) is 2.67. The van der Waals surface area contributed by atoms with Crippen LogP contribution in [0.2, 0.25) is 0 Å². The van der Waals surface area contributed by atoms with Crippen LogP contribution in [-0.2, 0) is 14.8 Å². The van der Waals surface area contributed by atoms with Crippen LogP contribution in [0.4, 0.5) is 5.69 Å². The Balaban J connectivity index is 2.08. The number of benzene rings is 2. The van der Waals surface area contributed by atoms with Gasteiger partial charge in [0.1, 0.15) is 5.75 Å². The lowest BCUT2D eigenvalue weighted by atomic mass is 10.2. The fourth-order valence-electron chi connectivity index (χ4n) is 2.43. The van der Waals surface area contributed by atoms with Gasteiger partial charge in [-0.15, -0.1) is 0 Å². The van der Waals surface area contributed by atoms with Crippen LogP contribution in [0.25, 0.3) is 0 Å². The molecule has 0 atom stereocenters. The number of ether oxygens (including phenoxy) is 1. The summed E-state index contributed by atoms with van der Waals surface area (Å²) in [6, 6.07) is 12.6. The first-order valence-corrected chi connectivity index (χ1v) is 10.3. The number of anilines is 1. The lowest BCUT2D eigenvalue weighted by molar-refractivity contribution is -0.116. The fraction of sp³-hybridized carbons (Fsp3) is 0.300. The lowest BCUT2D eigenvalue weighted by Crippen LogP contribution is -2.35. The van der Waals surface area contributed by atoms with Crippen LogP contribution in [-0.4, -0.2) is 44.6 Å². The normalized spacial score (nSPS) is 11.3. The molecule has 0 aliphatic rings. The van der Waals surface area contributed by atoms with Gasteiger partial charge in [0.05, 0.1) is 23.7 Å². The SMILES string of the molecule is CCCOc1ccccc1NC(=O)CN(C)S(=O)(=O)c1ccc(C(C)=O)cc1. The van der Waals surface area contributed by atoms with Crippen molar-refractivity contribution in [3.8, 4) is 5.75 Å². The zero-order valence-electron chi connectivity index (χ0n) is 16.1. The topological polar surface area (TPSA) is 92.8 Å². The highest BCUT2D eigenvalue weighted by Crippen LogP contribution is 2.24. The second kappa shape index (κ2) is 9.48. The molecule has 0 aliphatic heterocycles. The van der Waals surface area contributed by atoms with Crippen LogP contribution in [0, 0.1) is 0 Å². The van der Waals surface area contributed by atoms with Gasteiger partial charge in [0.2, 0.25) is 15.9 Å². The third kappa shape index (κ3) is 5.40. The molecule has 2 aromatic carbocycles. The monoisotopic (exact) mass is 404 g/mol. The molecule has 2 aromatic rings. The Hall–Kier alpha value is -2.71. The molecule has 0 aromatic heterocycles. The highest BCUT2D eigenvalue weighted by molar-refractivity contribution is 7.89. The van der Waals surface area contributed by atoms with Gasteiger partial charge in [0.15, 0.2) is 5.78 Å². The van der Waals surface area contributed by atoms with Crippen molar-refractivity contribution in [1.29, 1.82) is 0 Å². The molecule has 0 bridgehead atoms. The quantitative estimate of drug-likeness (QED) is 0.649. The van der Waals surface area contributed by atoms with E-state index in [-0.39, 0.29) is 17.2 Å². The van der Waals surface area contributed by atoms with Crippen LogP contribution >= 0.6 is 0 Å². The Kier molecular flexibility index (Phi) is 7.31. The molecule has 2 rings (SSSR count). The van der Waals surface area contributed by atoms with E-state index < -0.39 is 15.9 Å². The van der Waals surface area contributed by atoms with Crippen LogP contribution in [0.1, 0.15) is 30.6 Å². The molecule has 7 nitrogen and oxygen atoms in total. The van der Waals surface area contributed by atoms with E-state index >= 15 is 0 Å². The first kappa shape index (κ1) is 21.6. The number of nitrogens with one attached hydrogen (secondary N) is 1. The fourth-order valence-corrected chi connectivity index (χ4v) is 3.55. The van der Waals surface area contributed by atoms with E-state index in [1.807, 2.05) is 6.92 Å². The smallest absolute Gasteiger partial charge is 0.243 e. The first-order chi connectivity index (χ1) is 13.3. The van der Waals surface area contributed by atoms with E-state index in [0.717, 1.165) is 10.7 Å². The van der Waals surface area contributed by atoms with Gasteiger partial charge in [-0.1, -0.05) is 31.2 Å². The minimum Gasteiger partial charge on any atom is -0.491 e. The lowest BCUT2D eigenvalue weighted by Gasteiger charge is -2.18. The molecule has 0 aliphatic carbocycles. The van der Waals surface area contributed by atoms with Gasteiger partial charge in [-0.25, -0.2) is 8.42 Å². The van der Waals surface area contributed by atoms with Gasteiger partial charge in [0.25, 0.3) is 0 Å². The third-order valence-corrected chi connectivity index (χ3v) is 5.78. The summed E-state index contributed by atoms with van der Waals surface area (Å²) < 4.78 is 31.8. The molecule has 8 heteroatoms. The first-order valence-electron chi connectivity index (χ1n) is 8.84. The highest BCUT2D eigenvalue weighted by Gasteiger charge is 2.23. The Labute approximate surface area is 165 Å². The van der Waals surface area contributed by atoms with Crippen LogP contribution in [0.5, 0.6) is 5.75 Å². The van der Waals surface area contributed by atoms with Gasteiger partial charge >= 0.3 is 0 Å². The van der Waals surface area contributed by atoms with E-state index in [0.29, 0.717) is 23.6 Å². The Bertz CT molecular complexity index is 939. The maximum atomic E-state index is 12.6. The van der Waals surface area contributed by atoms with E-state index in [1.165, 1.54) is 38.2 Å². The standard InChI is InChI=1S/C20H24N2O5S/c1-4-13-27-19-8-6-5-7-18(19)21-20(24)14-22(3)28(25,26)17-11-9-16(10-12-17)15(2)23/h5-12H,4,13-14H2,1-3H3,(H,21,24). The van der Waals surface area contributed by atoms with E-state index in [4.69, 9.17) is 4.74 Å². The molecular formula is C20H24N2O5S. The number of amides is 1. The number of ketones is 1. The second-order valence-electron chi connectivity index (χ2n) is 6.23. The number of Topliss-reactive ketones (excluding diaryl/α,β-unsaturated/α-hetero) is 1. The molecule has 0 heterocycles. The summed E-state index contributed by atoms with van der Waals surface area (Å²) >= 11 is 0. The molecule has 28 heavy (non-hydrogen) atoms. The number of rotatable bonds is 9. The molecule has 0 spiro atoms. The summed E-state index contributed by atoms with van der Waals surface area (Å²) in [6.07, 6.45) is 0.825. The van der Waals surface area contributed by atoms with Gasteiger partial charge in [-0.2, -0.15) is 4.31 Å². The van der Waals surface area contributed by atoms with Crippen LogP contribution < -0.4 is 10.1 Å². The molecular weight excluding hydrogens is 380 g/mol. The summed E-state index contributed by atoms with van der Waals surface area (Å²) in [4.78, 5) is 23.7. The Morgan fingerprint density at radius 1 is 1.07 bits per heavy atom. The maximum Gasteiger partial charge on any atom is 0.243 e. The Morgan fingerprint density at radius 3 is 2.32 bits per heavy atom. The van der Waals surface area contributed by atoms with Crippen LogP contribution in [0.3, 0.4) is 0 Å². The number of carbonyl (C=O) groups excluding carboxylic acids is 2. The maximum absolute atomic E-state index is 12.6. The van der Waals surface area contributed by atoms with Crippen molar-refractivity contribution in [2.24, 2.45) is 0 Å². The van der Waals surface area contributed by atoms with Crippen molar-refractivity contribution >= 4 is 27.4 Å². The van der Waals surface area contributed by atoms with Crippen molar-refractivity contribution in [1.82, 2.24) is 4.31 Å². The predicted molar refractivity (Wildman–Crippen MR) is 107 cm³/mol. The van der Waals surface area contributed by atoms with Crippen molar-refractivity contribution < 1.29 is 22.7 Å². The third-order valence-electron chi connectivity index (χ3n) is 3.96. The minimum atomic E-state index is -3.86. The van der Waals surface area contributed by atoms with Crippen molar-refractivity contribution in [2.45, 2.75) is 25.2 Å². The van der Waals surface area contributed by atoms with Gasteiger partial charge in [0, 0.05) is 12.6 Å². The molecule has 0 saturated heterocycles. The molecule has 150 valence electrons. The number of sulfonamides is 1. The van der Waals surface area contributed by atoms with Crippen molar-refractivity contribution in [3.63, 3.8) is 0 Å². The summed E-state index contributed by atoms with van der Waals surface area (Å²) in [5, 5.41) is 2.68. The van der Waals surface area contributed by atoms with E-state index in [9.17, 15) is 18.0 Å². The Morgan fingerprint density at radius 2 is 1.71 bits per heavy atom. The molecule has 0 unspecified atom stereocenters. The van der Waals surface area contributed by atoms with Gasteiger partial charge in [-0.3, -0.25) is 9.59 Å². The molecule has 0 radical (unpaired) electrons. The van der Waals surface area contributed by atoms with Gasteiger partial charge in [-0.05, 0) is 37.6 Å². The van der Waals surface area contributed by atoms with E-state index in [2.05, 4.69) is 5.32 Å². The average molecular weight is 404 g/mol. The second-order valence-corrected chi connectivity index (χ2v) is 8.28. The summed E-state index contributed by atoms with van der Waals surface area (Å²) in [5.74, 6) is -0.109. The number of hydrogen-bond acceptors (Lipinski definition) is 5. The summed E-state index contributed by atoms with van der Waals surface area (Å²) in [6.45, 7) is 3.53. The molecule has 0 saturated carbocycles. The zero-order valence-corrected chi connectivity index (χ0v) is 17.0. The number of likely N-dealkylation sites (N-methyl/N-ethyl adjacent to an activating group) is 1. The number of para-hydroxylation sites is 2. The minimum absolute atomic E-state index is 0.0134. The molecule has 1 N–H and O–H groups in total. The van der Waals surface area contributed by atoms with Gasteiger partial charge < -0.3 is 10.1 Å². The zero-order chi connectivity index (χ0) is 20.7.